The molecule has 0 unspecified atom stereocenters. The van der Waals surface area contributed by atoms with E-state index in [1.807, 2.05) is 24.5 Å². The highest BCUT2D eigenvalue weighted by atomic mass is 79.9. The van der Waals surface area contributed by atoms with Gasteiger partial charge in [-0.25, -0.2) is 4.79 Å². The molecule has 0 N–H and O–H groups in total. The second-order valence-corrected chi connectivity index (χ2v) is 3.19. The second-order valence-electron chi connectivity index (χ2n) is 2.27. The standard InChI is InChI=1S/C8H9BrNO2/c1-12-8(11)6-10-4-2-3-7(9)5-10/h2-5H,6H2,1H3/q+1. The zero-order chi connectivity index (χ0) is 8.97. The Morgan fingerprint density at radius 3 is 3.08 bits per heavy atom. The lowest BCUT2D eigenvalue weighted by Gasteiger charge is -1.94. The zero-order valence-electron chi connectivity index (χ0n) is 6.66. The molecule has 4 heteroatoms. The van der Waals surface area contributed by atoms with Gasteiger partial charge in [-0.05, 0) is 22.0 Å². The molecule has 0 amide bonds. The summed E-state index contributed by atoms with van der Waals surface area (Å²) in [4.78, 5) is 10.8. The Labute approximate surface area is 79.1 Å². The van der Waals surface area contributed by atoms with Crippen molar-refractivity contribution < 1.29 is 14.1 Å². The van der Waals surface area contributed by atoms with E-state index in [0.717, 1.165) is 4.47 Å². The Morgan fingerprint density at radius 1 is 1.75 bits per heavy atom. The van der Waals surface area contributed by atoms with Crippen LogP contribution in [-0.4, -0.2) is 13.1 Å². The van der Waals surface area contributed by atoms with Crippen molar-refractivity contribution in [1.82, 2.24) is 0 Å². The molecular weight excluding hydrogens is 222 g/mol. The van der Waals surface area contributed by atoms with Crippen molar-refractivity contribution >= 4 is 21.9 Å². The third-order valence-electron chi connectivity index (χ3n) is 1.36. The van der Waals surface area contributed by atoms with Crippen molar-refractivity contribution in [2.75, 3.05) is 7.11 Å². The van der Waals surface area contributed by atoms with Gasteiger partial charge in [0.1, 0.15) is 0 Å². The summed E-state index contributed by atoms with van der Waals surface area (Å²) in [5.74, 6) is -0.252. The van der Waals surface area contributed by atoms with Crippen LogP contribution < -0.4 is 4.57 Å². The fourth-order valence-corrected chi connectivity index (χ4v) is 1.22. The molecule has 0 atom stereocenters. The summed E-state index contributed by atoms with van der Waals surface area (Å²) in [6.07, 6.45) is 3.62. The van der Waals surface area contributed by atoms with Crippen molar-refractivity contribution in [1.29, 1.82) is 0 Å². The quantitative estimate of drug-likeness (QED) is 0.559. The number of halogens is 1. The SMILES string of the molecule is COC(=O)C[n+]1cccc(Br)c1. The number of nitrogens with zero attached hydrogens (tertiary/aromatic N) is 1. The highest BCUT2D eigenvalue weighted by Crippen LogP contribution is 2.02. The van der Waals surface area contributed by atoms with E-state index >= 15 is 0 Å². The average Bonchev–Trinajstić information content (AvgIpc) is 2.04. The van der Waals surface area contributed by atoms with Crippen LogP contribution >= 0.6 is 15.9 Å². The van der Waals surface area contributed by atoms with Crippen LogP contribution in [0, 0.1) is 0 Å². The van der Waals surface area contributed by atoms with E-state index in [1.165, 1.54) is 7.11 Å². The summed E-state index contributed by atoms with van der Waals surface area (Å²) in [5.41, 5.74) is 0. The van der Waals surface area contributed by atoms with Crippen LogP contribution in [0.4, 0.5) is 0 Å². The van der Waals surface area contributed by atoms with Crippen LogP contribution in [0.5, 0.6) is 0 Å². The van der Waals surface area contributed by atoms with Gasteiger partial charge in [-0.2, -0.15) is 4.57 Å². The lowest BCUT2D eigenvalue weighted by Crippen LogP contribution is -2.37. The third kappa shape index (κ3) is 2.62. The minimum Gasteiger partial charge on any atom is -0.464 e. The Balaban J connectivity index is 2.69. The smallest absolute Gasteiger partial charge is 0.372 e. The van der Waals surface area contributed by atoms with Crippen molar-refractivity contribution in [3.8, 4) is 0 Å². The highest BCUT2D eigenvalue weighted by Gasteiger charge is 2.08. The summed E-state index contributed by atoms with van der Waals surface area (Å²) in [6.45, 7) is 0.246. The van der Waals surface area contributed by atoms with Gasteiger partial charge in [0.2, 0.25) is 6.54 Å². The van der Waals surface area contributed by atoms with Crippen LogP contribution in [0.15, 0.2) is 29.0 Å². The maximum Gasteiger partial charge on any atom is 0.372 e. The average molecular weight is 231 g/mol. The highest BCUT2D eigenvalue weighted by molar-refractivity contribution is 9.10. The monoisotopic (exact) mass is 230 g/mol. The number of aromatic nitrogens is 1. The molecule has 0 aromatic carbocycles. The number of ether oxygens (including phenoxy) is 1. The summed E-state index contributed by atoms with van der Waals surface area (Å²) in [6, 6.07) is 3.75. The van der Waals surface area contributed by atoms with Crippen LogP contribution in [0.2, 0.25) is 0 Å². The molecule has 1 aromatic heterocycles. The second kappa shape index (κ2) is 4.21. The number of carbonyl (C=O) groups excluding carboxylic acids is 1. The first-order valence-electron chi connectivity index (χ1n) is 3.44. The van der Waals surface area contributed by atoms with E-state index in [-0.39, 0.29) is 12.5 Å². The minimum absolute atomic E-state index is 0.246. The van der Waals surface area contributed by atoms with Gasteiger partial charge in [0, 0.05) is 6.07 Å². The molecule has 0 bridgehead atoms. The Morgan fingerprint density at radius 2 is 2.50 bits per heavy atom. The van der Waals surface area contributed by atoms with Crippen LogP contribution in [0.3, 0.4) is 0 Å². The first-order valence-corrected chi connectivity index (χ1v) is 4.23. The fourth-order valence-electron chi connectivity index (χ4n) is 0.802. The maximum absolute atomic E-state index is 10.8. The number of pyridine rings is 1. The topological polar surface area (TPSA) is 30.2 Å². The van der Waals surface area contributed by atoms with Gasteiger partial charge in [-0.1, -0.05) is 0 Å². The largest absolute Gasteiger partial charge is 0.464 e. The summed E-state index contributed by atoms with van der Waals surface area (Å²) >= 11 is 3.30. The van der Waals surface area contributed by atoms with E-state index < -0.39 is 0 Å². The molecule has 0 fully saturated rings. The molecule has 0 radical (unpaired) electrons. The molecule has 1 aromatic rings. The van der Waals surface area contributed by atoms with Crippen molar-refractivity contribution in [2.45, 2.75) is 6.54 Å². The number of esters is 1. The Bertz CT molecular complexity index is 288. The molecule has 0 aliphatic rings. The van der Waals surface area contributed by atoms with Gasteiger partial charge < -0.3 is 4.74 Å². The summed E-state index contributed by atoms with van der Waals surface area (Å²) in [5, 5.41) is 0. The predicted molar refractivity (Wildman–Crippen MR) is 46.4 cm³/mol. The molecule has 12 heavy (non-hydrogen) atoms. The zero-order valence-corrected chi connectivity index (χ0v) is 8.24. The number of rotatable bonds is 2. The lowest BCUT2D eigenvalue weighted by atomic mass is 10.5. The molecule has 0 spiro atoms. The molecule has 64 valence electrons. The van der Waals surface area contributed by atoms with Gasteiger partial charge in [0.05, 0.1) is 11.6 Å². The van der Waals surface area contributed by atoms with E-state index in [1.54, 1.807) is 4.57 Å². The fraction of sp³-hybridized carbons (Fsp3) is 0.250. The van der Waals surface area contributed by atoms with E-state index in [9.17, 15) is 4.79 Å². The molecule has 0 saturated carbocycles. The summed E-state index contributed by atoms with van der Waals surface area (Å²) in [7, 11) is 1.38. The molecule has 0 saturated heterocycles. The molecule has 3 nitrogen and oxygen atoms in total. The van der Waals surface area contributed by atoms with Crippen molar-refractivity contribution in [3.05, 3.63) is 29.0 Å². The van der Waals surface area contributed by atoms with Gasteiger partial charge in [0.25, 0.3) is 0 Å². The molecule has 0 aliphatic carbocycles. The van der Waals surface area contributed by atoms with Crippen molar-refractivity contribution in [2.24, 2.45) is 0 Å². The van der Waals surface area contributed by atoms with Gasteiger partial charge in [-0.15, -0.1) is 0 Å². The number of carbonyl (C=O) groups is 1. The van der Waals surface area contributed by atoms with Gasteiger partial charge >= 0.3 is 5.97 Å². The van der Waals surface area contributed by atoms with Gasteiger partial charge in [-0.3, -0.25) is 0 Å². The normalized spacial score (nSPS) is 9.50. The van der Waals surface area contributed by atoms with E-state index in [4.69, 9.17) is 0 Å². The Kier molecular flexibility index (Phi) is 3.22. The van der Waals surface area contributed by atoms with Crippen LogP contribution in [0.1, 0.15) is 0 Å². The predicted octanol–water partition coefficient (Wildman–Crippen LogP) is 0.910. The number of methoxy groups -OCH3 is 1. The maximum atomic E-state index is 10.8. The first kappa shape index (κ1) is 9.19. The number of hydrogen-bond donors (Lipinski definition) is 0. The molecule has 1 heterocycles. The lowest BCUT2D eigenvalue weighted by molar-refractivity contribution is -0.686. The van der Waals surface area contributed by atoms with Crippen LogP contribution in [0.25, 0.3) is 0 Å². The molecular formula is C8H9BrNO2+. The van der Waals surface area contributed by atoms with Crippen molar-refractivity contribution in [3.63, 3.8) is 0 Å². The first-order chi connectivity index (χ1) is 5.72. The summed E-state index contributed by atoms with van der Waals surface area (Å²) < 4.78 is 7.20. The third-order valence-corrected chi connectivity index (χ3v) is 1.83. The number of hydrogen-bond acceptors (Lipinski definition) is 2. The van der Waals surface area contributed by atoms with E-state index in [2.05, 4.69) is 20.7 Å². The van der Waals surface area contributed by atoms with E-state index in [0.29, 0.717) is 0 Å². The molecule has 0 aliphatic heterocycles. The van der Waals surface area contributed by atoms with Crippen LogP contribution in [-0.2, 0) is 16.1 Å². The minimum atomic E-state index is -0.252. The Hall–Kier alpha value is -0.900. The molecule has 1 rings (SSSR count). The van der Waals surface area contributed by atoms with Gasteiger partial charge in [0.15, 0.2) is 12.4 Å².